The number of hydrogen-bond acceptors (Lipinski definition) is 3. The van der Waals surface area contributed by atoms with Crippen LogP contribution in [-0.2, 0) is 14.3 Å². The smallest absolute Gasteiger partial charge is 0.303 e. The lowest BCUT2D eigenvalue weighted by Gasteiger charge is -2.23. The van der Waals surface area contributed by atoms with Gasteiger partial charge in [0.15, 0.2) is 0 Å². The largest absolute Gasteiger partial charge is 0.481 e. The Morgan fingerprint density at radius 1 is 1.18 bits per heavy atom. The maximum absolute atomic E-state index is 11.6. The van der Waals surface area contributed by atoms with Gasteiger partial charge in [-0.2, -0.15) is 0 Å². The van der Waals surface area contributed by atoms with Crippen molar-refractivity contribution >= 4 is 11.8 Å². The molecule has 0 aromatic heterocycles. The van der Waals surface area contributed by atoms with Crippen LogP contribution in [0.4, 0.5) is 0 Å². The molecular formula is C13H20O4. The van der Waals surface area contributed by atoms with E-state index in [1.54, 1.807) is 0 Å². The molecule has 0 amide bonds. The van der Waals surface area contributed by atoms with E-state index in [4.69, 9.17) is 9.84 Å². The first kappa shape index (κ1) is 12.6. The zero-order chi connectivity index (χ0) is 12.3. The van der Waals surface area contributed by atoms with Gasteiger partial charge in [-0.25, -0.2) is 0 Å². The number of fused-ring (bicyclic) bond motifs is 2. The van der Waals surface area contributed by atoms with Crippen LogP contribution in [0.15, 0.2) is 0 Å². The second-order valence-corrected chi connectivity index (χ2v) is 5.29. The van der Waals surface area contributed by atoms with Crippen LogP contribution in [0.25, 0.3) is 0 Å². The van der Waals surface area contributed by atoms with Gasteiger partial charge >= 0.3 is 5.97 Å². The summed E-state index contributed by atoms with van der Waals surface area (Å²) >= 11 is 0. The summed E-state index contributed by atoms with van der Waals surface area (Å²) in [4.78, 5) is 21.9. The maximum atomic E-state index is 11.6. The normalized spacial score (nSPS) is 30.7. The van der Waals surface area contributed by atoms with E-state index in [9.17, 15) is 9.59 Å². The van der Waals surface area contributed by atoms with Crippen molar-refractivity contribution in [3.8, 4) is 0 Å². The number of hydrogen-bond donors (Lipinski definition) is 1. The SMILES string of the molecule is O=C(O)CCCC(=O)CCC12CCC(CC1)O2. The van der Waals surface area contributed by atoms with E-state index >= 15 is 0 Å². The lowest BCUT2D eigenvalue weighted by atomic mass is 9.84. The van der Waals surface area contributed by atoms with Gasteiger partial charge < -0.3 is 9.84 Å². The van der Waals surface area contributed by atoms with Gasteiger partial charge in [0.2, 0.25) is 0 Å². The highest BCUT2D eigenvalue weighted by Crippen LogP contribution is 2.46. The third-order valence-electron chi connectivity index (χ3n) is 3.97. The van der Waals surface area contributed by atoms with Gasteiger partial charge in [-0.15, -0.1) is 0 Å². The molecule has 2 heterocycles. The molecular weight excluding hydrogens is 220 g/mol. The van der Waals surface area contributed by atoms with Gasteiger partial charge in [0, 0.05) is 19.3 Å². The number of aliphatic carboxylic acids is 1. The molecule has 0 saturated carbocycles. The summed E-state index contributed by atoms with van der Waals surface area (Å²) in [5.41, 5.74) is -0.00682. The molecule has 0 spiro atoms. The first-order valence-corrected chi connectivity index (χ1v) is 6.51. The van der Waals surface area contributed by atoms with Gasteiger partial charge in [0.25, 0.3) is 0 Å². The number of carbonyl (C=O) groups is 2. The Morgan fingerprint density at radius 2 is 1.88 bits per heavy atom. The van der Waals surface area contributed by atoms with E-state index in [1.165, 1.54) is 0 Å². The summed E-state index contributed by atoms with van der Waals surface area (Å²) < 4.78 is 5.91. The lowest BCUT2D eigenvalue weighted by molar-refractivity contribution is -0.137. The summed E-state index contributed by atoms with van der Waals surface area (Å²) in [7, 11) is 0. The van der Waals surface area contributed by atoms with Crippen LogP contribution in [0.5, 0.6) is 0 Å². The van der Waals surface area contributed by atoms with Crippen LogP contribution in [-0.4, -0.2) is 28.6 Å². The number of Topliss-reactive ketones (excluding diaryl/α,β-unsaturated/α-hetero) is 1. The highest BCUT2D eigenvalue weighted by molar-refractivity contribution is 5.79. The third-order valence-corrected chi connectivity index (χ3v) is 3.97. The molecule has 17 heavy (non-hydrogen) atoms. The molecule has 1 N–H and O–H groups in total. The van der Waals surface area contributed by atoms with Gasteiger partial charge in [-0.3, -0.25) is 9.59 Å². The highest BCUT2D eigenvalue weighted by atomic mass is 16.5. The zero-order valence-electron chi connectivity index (χ0n) is 10.1. The van der Waals surface area contributed by atoms with Crippen molar-refractivity contribution in [2.45, 2.75) is 69.5 Å². The molecule has 0 unspecified atom stereocenters. The number of rotatable bonds is 7. The molecule has 2 aliphatic rings. The average molecular weight is 240 g/mol. The minimum absolute atomic E-state index is 0.00682. The first-order chi connectivity index (χ1) is 8.10. The van der Waals surface area contributed by atoms with Crippen LogP contribution >= 0.6 is 0 Å². The summed E-state index contributed by atoms with van der Waals surface area (Å²) in [6.45, 7) is 0. The number of ketones is 1. The van der Waals surface area contributed by atoms with Crippen LogP contribution in [0.2, 0.25) is 0 Å². The lowest BCUT2D eigenvalue weighted by Crippen LogP contribution is -2.25. The van der Waals surface area contributed by atoms with E-state index in [0.29, 0.717) is 25.4 Å². The Kier molecular flexibility index (Phi) is 3.82. The third kappa shape index (κ3) is 3.28. The summed E-state index contributed by atoms with van der Waals surface area (Å²) in [5, 5.41) is 8.48. The van der Waals surface area contributed by atoms with Crippen molar-refractivity contribution in [1.82, 2.24) is 0 Å². The fourth-order valence-electron chi connectivity index (χ4n) is 2.94. The molecule has 0 aliphatic carbocycles. The van der Waals surface area contributed by atoms with Crippen LogP contribution in [0.3, 0.4) is 0 Å². The average Bonchev–Trinajstić information content (AvgIpc) is 2.86. The number of carboxylic acid groups (broad SMARTS) is 1. The fraction of sp³-hybridized carbons (Fsp3) is 0.846. The molecule has 2 aliphatic heterocycles. The molecule has 4 heteroatoms. The van der Waals surface area contributed by atoms with Crippen molar-refractivity contribution in [3.05, 3.63) is 0 Å². The van der Waals surface area contributed by atoms with Crippen LogP contribution < -0.4 is 0 Å². The molecule has 2 saturated heterocycles. The van der Waals surface area contributed by atoms with E-state index in [1.807, 2.05) is 0 Å². The van der Waals surface area contributed by atoms with E-state index in [-0.39, 0.29) is 17.8 Å². The predicted molar refractivity (Wildman–Crippen MR) is 61.8 cm³/mol. The van der Waals surface area contributed by atoms with Gasteiger partial charge in [0.05, 0.1) is 11.7 Å². The molecule has 2 fully saturated rings. The fourth-order valence-corrected chi connectivity index (χ4v) is 2.94. The summed E-state index contributed by atoms with van der Waals surface area (Å²) in [6.07, 6.45) is 7.26. The van der Waals surface area contributed by atoms with Crippen molar-refractivity contribution in [2.75, 3.05) is 0 Å². The zero-order valence-corrected chi connectivity index (χ0v) is 10.1. The Hall–Kier alpha value is -0.900. The molecule has 0 aromatic carbocycles. The molecule has 4 nitrogen and oxygen atoms in total. The number of carbonyl (C=O) groups excluding carboxylic acids is 1. The molecule has 2 bridgehead atoms. The van der Waals surface area contributed by atoms with Crippen molar-refractivity contribution in [3.63, 3.8) is 0 Å². The van der Waals surface area contributed by atoms with Crippen molar-refractivity contribution in [2.24, 2.45) is 0 Å². The number of carboxylic acids is 1. The minimum Gasteiger partial charge on any atom is -0.481 e. The Morgan fingerprint density at radius 3 is 2.41 bits per heavy atom. The minimum atomic E-state index is -0.825. The predicted octanol–water partition coefficient (Wildman–Crippen LogP) is 2.30. The van der Waals surface area contributed by atoms with Crippen molar-refractivity contribution < 1.29 is 19.4 Å². The second-order valence-electron chi connectivity index (χ2n) is 5.29. The van der Waals surface area contributed by atoms with Gasteiger partial charge in [0.1, 0.15) is 5.78 Å². The molecule has 0 radical (unpaired) electrons. The highest BCUT2D eigenvalue weighted by Gasteiger charge is 2.45. The molecule has 0 aromatic rings. The first-order valence-electron chi connectivity index (χ1n) is 6.51. The van der Waals surface area contributed by atoms with Gasteiger partial charge in [-0.05, 0) is 38.5 Å². The Balaban J connectivity index is 1.64. The van der Waals surface area contributed by atoms with E-state index in [2.05, 4.69) is 0 Å². The standard InChI is InChI=1S/C13H20O4/c14-10(2-1-3-12(15)16)4-7-13-8-5-11(17-13)6-9-13/h11H,1-9H2,(H,15,16). The summed E-state index contributed by atoms with van der Waals surface area (Å²) in [6, 6.07) is 0. The topological polar surface area (TPSA) is 63.6 Å². The quantitative estimate of drug-likeness (QED) is 0.741. The Labute approximate surface area is 101 Å². The monoisotopic (exact) mass is 240 g/mol. The molecule has 96 valence electrons. The number of ether oxygens (including phenoxy) is 1. The van der Waals surface area contributed by atoms with Crippen LogP contribution in [0, 0.1) is 0 Å². The van der Waals surface area contributed by atoms with Crippen LogP contribution in [0.1, 0.15) is 57.8 Å². The Bertz CT molecular complexity index is 303. The summed E-state index contributed by atoms with van der Waals surface area (Å²) in [5.74, 6) is -0.645. The molecule has 2 rings (SSSR count). The van der Waals surface area contributed by atoms with E-state index in [0.717, 1.165) is 32.1 Å². The maximum Gasteiger partial charge on any atom is 0.303 e. The molecule has 0 atom stereocenters. The van der Waals surface area contributed by atoms with Crippen molar-refractivity contribution in [1.29, 1.82) is 0 Å². The second kappa shape index (κ2) is 5.17. The van der Waals surface area contributed by atoms with Gasteiger partial charge in [-0.1, -0.05) is 0 Å². The van der Waals surface area contributed by atoms with E-state index < -0.39 is 5.97 Å².